The minimum absolute atomic E-state index is 0.0407. The van der Waals surface area contributed by atoms with Crippen LogP contribution in [0.25, 0.3) is 0 Å². The SMILES string of the molecule is CC(F)(F)CCS(=O)(=O)NCCc1nc(C(C)(C)C)cs1. The van der Waals surface area contributed by atoms with Crippen LogP contribution < -0.4 is 4.72 Å². The van der Waals surface area contributed by atoms with Crippen LogP contribution in [0, 0.1) is 0 Å². The van der Waals surface area contributed by atoms with Crippen molar-refractivity contribution in [3.63, 3.8) is 0 Å². The summed E-state index contributed by atoms with van der Waals surface area (Å²) < 4.78 is 50.8. The second-order valence-corrected chi connectivity index (χ2v) is 9.03. The van der Waals surface area contributed by atoms with E-state index in [4.69, 9.17) is 0 Å². The van der Waals surface area contributed by atoms with Crippen molar-refractivity contribution in [1.29, 1.82) is 0 Å². The molecule has 21 heavy (non-hydrogen) atoms. The maximum absolute atomic E-state index is 12.7. The molecule has 1 rings (SSSR count). The Hall–Kier alpha value is -0.600. The Morgan fingerprint density at radius 3 is 2.38 bits per heavy atom. The van der Waals surface area contributed by atoms with E-state index >= 15 is 0 Å². The summed E-state index contributed by atoms with van der Waals surface area (Å²) in [7, 11) is -3.66. The fraction of sp³-hybridized carbons (Fsp3) is 0.769. The third kappa shape index (κ3) is 7.28. The molecule has 0 bridgehead atoms. The molecular weight excluding hydrogens is 318 g/mol. The van der Waals surface area contributed by atoms with Gasteiger partial charge in [-0.05, 0) is 6.92 Å². The van der Waals surface area contributed by atoms with Crippen molar-refractivity contribution in [2.24, 2.45) is 0 Å². The molecule has 0 atom stereocenters. The van der Waals surface area contributed by atoms with Crippen LogP contribution in [0.3, 0.4) is 0 Å². The fourth-order valence-electron chi connectivity index (χ4n) is 1.47. The number of sulfonamides is 1. The molecule has 0 aliphatic carbocycles. The first-order valence-electron chi connectivity index (χ1n) is 6.69. The molecule has 0 radical (unpaired) electrons. The molecule has 1 N–H and O–H groups in total. The van der Waals surface area contributed by atoms with Gasteiger partial charge in [0.15, 0.2) is 0 Å². The lowest BCUT2D eigenvalue weighted by Crippen LogP contribution is -2.30. The van der Waals surface area contributed by atoms with E-state index in [0.717, 1.165) is 10.7 Å². The number of rotatable bonds is 7. The van der Waals surface area contributed by atoms with Gasteiger partial charge in [0.05, 0.1) is 16.5 Å². The van der Waals surface area contributed by atoms with Gasteiger partial charge >= 0.3 is 0 Å². The number of thiazole rings is 1. The Bertz CT molecular complexity index is 557. The number of hydrogen-bond acceptors (Lipinski definition) is 4. The van der Waals surface area contributed by atoms with Gasteiger partial charge in [0.25, 0.3) is 0 Å². The summed E-state index contributed by atoms with van der Waals surface area (Å²) in [6, 6.07) is 0. The van der Waals surface area contributed by atoms with Gasteiger partial charge in [-0.25, -0.2) is 26.9 Å². The molecular formula is C13H22F2N2O2S2. The molecule has 0 unspecified atom stereocenters. The van der Waals surface area contributed by atoms with Crippen LogP contribution in [0.4, 0.5) is 8.78 Å². The van der Waals surface area contributed by atoms with E-state index in [9.17, 15) is 17.2 Å². The lowest BCUT2D eigenvalue weighted by Gasteiger charge is -2.14. The monoisotopic (exact) mass is 340 g/mol. The third-order valence-corrected chi connectivity index (χ3v) is 5.08. The van der Waals surface area contributed by atoms with E-state index in [1.807, 2.05) is 5.38 Å². The lowest BCUT2D eigenvalue weighted by atomic mass is 9.93. The number of hydrogen-bond donors (Lipinski definition) is 1. The Balaban J connectivity index is 2.44. The number of nitrogens with zero attached hydrogens (tertiary/aromatic N) is 1. The van der Waals surface area contributed by atoms with Crippen LogP contribution >= 0.6 is 11.3 Å². The Morgan fingerprint density at radius 2 is 1.90 bits per heavy atom. The molecule has 1 aromatic heterocycles. The highest BCUT2D eigenvalue weighted by molar-refractivity contribution is 7.89. The zero-order chi connectivity index (χ0) is 16.3. The predicted molar refractivity (Wildman–Crippen MR) is 81.5 cm³/mol. The van der Waals surface area contributed by atoms with Crippen LogP contribution in [-0.2, 0) is 21.9 Å². The molecule has 1 aromatic rings. The van der Waals surface area contributed by atoms with Gasteiger partial charge in [-0.2, -0.15) is 0 Å². The van der Waals surface area contributed by atoms with Gasteiger partial charge < -0.3 is 0 Å². The van der Waals surface area contributed by atoms with Crippen LogP contribution in [0.5, 0.6) is 0 Å². The van der Waals surface area contributed by atoms with E-state index in [1.54, 1.807) is 0 Å². The van der Waals surface area contributed by atoms with E-state index in [-0.39, 0.29) is 12.0 Å². The van der Waals surface area contributed by atoms with Gasteiger partial charge in [-0.3, -0.25) is 0 Å². The Morgan fingerprint density at radius 1 is 1.29 bits per heavy atom. The quantitative estimate of drug-likeness (QED) is 0.830. The van der Waals surface area contributed by atoms with Crippen molar-refractivity contribution < 1.29 is 17.2 Å². The molecule has 4 nitrogen and oxygen atoms in total. The molecule has 0 saturated carbocycles. The molecule has 0 fully saturated rings. The second-order valence-electron chi connectivity index (χ2n) is 6.16. The number of alkyl halides is 2. The normalized spacial score (nSPS) is 13.6. The van der Waals surface area contributed by atoms with E-state index < -0.39 is 28.1 Å². The molecule has 1 heterocycles. The van der Waals surface area contributed by atoms with Crippen LogP contribution in [-0.4, -0.2) is 31.6 Å². The van der Waals surface area contributed by atoms with Crippen molar-refractivity contribution in [1.82, 2.24) is 9.71 Å². The standard InChI is InChI=1S/C13H22F2N2O2S2/c1-12(2,3)10-9-20-11(17-10)5-7-16-21(18,19)8-6-13(4,14)15/h9,16H,5-8H2,1-4H3. The summed E-state index contributed by atoms with van der Waals surface area (Å²) in [6.07, 6.45) is -0.212. The summed E-state index contributed by atoms with van der Waals surface area (Å²) in [5.41, 5.74) is 0.928. The molecule has 0 aliphatic rings. The smallest absolute Gasteiger partial charge is 0.246 e. The minimum Gasteiger partial charge on any atom is -0.246 e. The van der Waals surface area contributed by atoms with Gasteiger partial charge in [-0.1, -0.05) is 20.8 Å². The molecule has 8 heteroatoms. The molecule has 122 valence electrons. The Kier molecular flexibility index (Phi) is 5.85. The van der Waals surface area contributed by atoms with Gasteiger partial charge in [0.1, 0.15) is 0 Å². The first kappa shape index (κ1) is 18.4. The van der Waals surface area contributed by atoms with Crippen molar-refractivity contribution in [3.8, 4) is 0 Å². The molecule has 0 spiro atoms. The van der Waals surface area contributed by atoms with Crippen molar-refractivity contribution in [2.45, 2.75) is 51.9 Å². The average molecular weight is 340 g/mol. The van der Waals surface area contributed by atoms with Crippen LogP contribution in [0.2, 0.25) is 0 Å². The van der Waals surface area contributed by atoms with Crippen molar-refractivity contribution in [3.05, 3.63) is 16.1 Å². The highest BCUT2D eigenvalue weighted by Gasteiger charge is 2.24. The zero-order valence-corrected chi connectivity index (χ0v) is 14.4. The van der Waals surface area contributed by atoms with Crippen molar-refractivity contribution in [2.75, 3.05) is 12.3 Å². The van der Waals surface area contributed by atoms with Gasteiger partial charge in [-0.15, -0.1) is 11.3 Å². The van der Waals surface area contributed by atoms with Gasteiger partial charge in [0, 0.05) is 30.2 Å². The summed E-state index contributed by atoms with van der Waals surface area (Å²) >= 11 is 1.48. The summed E-state index contributed by atoms with van der Waals surface area (Å²) in [5, 5.41) is 2.80. The number of nitrogens with one attached hydrogen (secondary N) is 1. The highest BCUT2D eigenvalue weighted by atomic mass is 32.2. The molecule has 0 amide bonds. The van der Waals surface area contributed by atoms with E-state index in [1.165, 1.54) is 11.3 Å². The van der Waals surface area contributed by atoms with Gasteiger partial charge in [0.2, 0.25) is 15.9 Å². The van der Waals surface area contributed by atoms with E-state index in [0.29, 0.717) is 13.3 Å². The molecule has 0 saturated heterocycles. The Labute approximate surface area is 129 Å². The highest BCUT2D eigenvalue weighted by Crippen LogP contribution is 2.24. The summed E-state index contributed by atoms with van der Waals surface area (Å²) in [6.45, 7) is 7.05. The lowest BCUT2D eigenvalue weighted by molar-refractivity contribution is 0.0189. The topological polar surface area (TPSA) is 59.1 Å². The number of aromatic nitrogens is 1. The summed E-state index contributed by atoms with van der Waals surface area (Å²) in [4.78, 5) is 4.45. The summed E-state index contributed by atoms with van der Waals surface area (Å²) in [5.74, 6) is -3.53. The minimum atomic E-state index is -3.66. The first-order chi connectivity index (χ1) is 9.39. The first-order valence-corrected chi connectivity index (χ1v) is 9.22. The maximum atomic E-state index is 12.7. The molecule has 0 aromatic carbocycles. The largest absolute Gasteiger partial charge is 0.246 e. The second kappa shape index (κ2) is 6.66. The predicted octanol–water partition coefficient (Wildman–Crippen LogP) is 2.95. The number of halogens is 2. The fourth-order valence-corrected chi connectivity index (χ4v) is 3.68. The third-order valence-electron chi connectivity index (χ3n) is 2.79. The zero-order valence-electron chi connectivity index (χ0n) is 12.7. The maximum Gasteiger partial charge on any atom is 0.246 e. The molecule has 0 aliphatic heterocycles. The van der Waals surface area contributed by atoms with Crippen molar-refractivity contribution >= 4 is 21.4 Å². The average Bonchev–Trinajstić information content (AvgIpc) is 2.74. The van der Waals surface area contributed by atoms with Crippen LogP contribution in [0.15, 0.2) is 5.38 Å². The van der Waals surface area contributed by atoms with E-state index in [2.05, 4.69) is 30.5 Å². The van der Waals surface area contributed by atoms with Crippen LogP contribution in [0.1, 0.15) is 44.8 Å².